The van der Waals surface area contributed by atoms with E-state index in [1.165, 1.54) is 12.1 Å². The fourth-order valence-corrected chi connectivity index (χ4v) is 4.30. The molecule has 0 aliphatic carbocycles. The molecule has 1 fully saturated rings. The van der Waals surface area contributed by atoms with Crippen molar-refractivity contribution in [1.82, 2.24) is 14.8 Å². The lowest BCUT2D eigenvalue weighted by atomic mass is 9.91. The molecular weight excluding hydrogens is 417 g/mol. The summed E-state index contributed by atoms with van der Waals surface area (Å²) in [5.41, 5.74) is 3.14. The van der Waals surface area contributed by atoms with E-state index in [9.17, 15) is 14.0 Å². The van der Waals surface area contributed by atoms with Crippen molar-refractivity contribution < 1.29 is 14.0 Å². The third kappa shape index (κ3) is 5.17. The van der Waals surface area contributed by atoms with Gasteiger partial charge in [0, 0.05) is 44.1 Å². The number of amides is 2. The van der Waals surface area contributed by atoms with Gasteiger partial charge in [0.25, 0.3) is 5.91 Å². The molecule has 0 N–H and O–H groups in total. The highest BCUT2D eigenvalue weighted by molar-refractivity contribution is 5.94. The molecule has 0 radical (unpaired) electrons. The molecule has 1 aliphatic rings. The quantitative estimate of drug-likeness (QED) is 0.536. The normalized spacial score (nSPS) is 16.4. The Morgan fingerprint density at radius 3 is 2.64 bits per heavy atom. The van der Waals surface area contributed by atoms with Crippen LogP contribution in [0.25, 0.3) is 11.1 Å². The Bertz CT molecular complexity index is 1150. The summed E-state index contributed by atoms with van der Waals surface area (Å²) in [7, 11) is 0. The van der Waals surface area contributed by atoms with Crippen LogP contribution < -0.4 is 0 Å². The molecule has 3 aromatic rings. The number of nitrogens with zero attached hydrogens (tertiary/aromatic N) is 3. The molecule has 0 saturated carbocycles. The second-order valence-corrected chi connectivity index (χ2v) is 8.13. The Balaban J connectivity index is 1.65. The van der Waals surface area contributed by atoms with Gasteiger partial charge in [-0.15, -0.1) is 6.58 Å². The summed E-state index contributed by atoms with van der Waals surface area (Å²) in [5, 5.41) is 0. The van der Waals surface area contributed by atoms with Crippen molar-refractivity contribution in [2.45, 2.75) is 6.42 Å². The van der Waals surface area contributed by atoms with Crippen LogP contribution in [0.15, 0.2) is 85.7 Å². The maximum Gasteiger partial charge on any atom is 0.254 e. The van der Waals surface area contributed by atoms with Crippen LogP contribution in [0.3, 0.4) is 0 Å². The zero-order valence-corrected chi connectivity index (χ0v) is 18.4. The van der Waals surface area contributed by atoms with Crippen molar-refractivity contribution in [3.63, 3.8) is 0 Å². The Kier molecular flexibility index (Phi) is 6.93. The fourth-order valence-electron chi connectivity index (χ4n) is 4.30. The number of halogens is 1. The van der Waals surface area contributed by atoms with Crippen molar-refractivity contribution in [1.29, 1.82) is 0 Å². The minimum absolute atomic E-state index is 0.00558. The van der Waals surface area contributed by atoms with Crippen LogP contribution in [0.5, 0.6) is 0 Å². The maximum atomic E-state index is 13.9. The van der Waals surface area contributed by atoms with E-state index in [-0.39, 0.29) is 17.6 Å². The number of aromatic nitrogens is 1. The van der Waals surface area contributed by atoms with E-state index in [0.29, 0.717) is 38.2 Å². The molecule has 1 unspecified atom stereocenters. The summed E-state index contributed by atoms with van der Waals surface area (Å²) in [5.74, 6) is -0.852. The van der Waals surface area contributed by atoms with Gasteiger partial charge in [0.05, 0.1) is 5.92 Å². The molecule has 1 aromatic heterocycles. The zero-order valence-electron chi connectivity index (χ0n) is 18.4. The maximum absolute atomic E-state index is 13.9. The van der Waals surface area contributed by atoms with Gasteiger partial charge < -0.3 is 9.80 Å². The zero-order chi connectivity index (χ0) is 23.2. The Hall–Kier alpha value is -3.80. The average Bonchev–Trinajstić information content (AvgIpc) is 2.99. The molecule has 2 aromatic carbocycles. The molecule has 1 atom stereocenters. The summed E-state index contributed by atoms with van der Waals surface area (Å²) >= 11 is 0. The number of benzene rings is 2. The number of hydrogen-bond donors (Lipinski definition) is 0. The van der Waals surface area contributed by atoms with Crippen molar-refractivity contribution >= 4 is 11.8 Å². The van der Waals surface area contributed by atoms with Crippen molar-refractivity contribution in [2.24, 2.45) is 5.92 Å². The molecule has 0 spiro atoms. The summed E-state index contributed by atoms with van der Waals surface area (Å²) in [6.45, 7) is 5.41. The monoisotopic (exact) mass is 443 g/mol. The van der Waals surface area contributed by atoms with Gasteiger partial charge in [0.2, 0.25) is 5.91 Å². The van der Waals surface area contributed by atoms with Crippen molar-refractivity contribution in [3.8, 4) is 11.1 Å². The highest BCUT2D eigenvalue weighted by Crippen LogP contribution is 2.28. The van der Waals surface area contributed by atoms with Gasteiger partial charge in [-0.05, 0) is 47.4 Å². The van der Waals surface area contributed by atoms with Crippen LogP contribution in [-0.4, -0.2) is 52.8 Å². The molecule has 0 bridgehead atoms. The van der Waals surface area contributed by atoms with Gasteiger partial charge in [-0.1, -0.05) is 42.5 Å². The first-order chi connectivity index (χ1) is 16.1. The first-order valence-electron chi connectivity index (χ1n) is 11.0. The van der Waals surface area contributed by atoms with E-state index >= 15 is 0 Å². The molecule has 5 nitrogen and oxygen atoms in total. The topological polar surface area (TPSA) is 53.5 Å². The number of rotatable bonds is 6. The van der Waals surface area contributed by atoms with Crippen LogP contribution in [0, 0.1) is 11.7 Å². The Labute approximate surface area is 193 Å². The minimum Gasteiger partial charge on any atom is -0.337 e. The van der Waals surface area contributed by atoms with E-state index in [4.69, 9.17) is 0 Å². The van der Waals surface area contributed by atoms with E-state index in [1.54, 1.807) is 46.5 Å². The smallest absolute Gasteiger partial charge is 0.254 e. The molecule has 6 heteroatoms. The number of hydrogen-bond acceptors (Lipinski definition) is 3. The number of carbonyl (C=O) groups excluding carboxylic acids is 2. The third-order valence-corrected chi connectivity index (χ3v) is 5.92. The summed E-state index contributed by atoms with van der Waals surface area (Å²) in [4.78, 5) is 34.0. The van der Waals surface area contributed by atoms with Crippen molar-refractivity contribution in [3.05, 3.63) is 103 Å². The largest absolute Gasteiger partial charge is 0.337 e. The average molecular weight is 444 g/mol. The lowest BCUT2D eigenvalue weighted by molar-refractivity contribution is -0.134. The fraction of sp³-hybridized carbons (Fsp3) is 0.222. The summed E-state index contributed by atoms with van der Waals surface area (Å²) in [6.07, 6.45) is 5.33. The van der Waals surface area contributed by atoms with Gasteiger partial charge >= 0.3 is 0 Å². The Morgan fingerprint density at radius 1 is 1.09 bits per heavy atom. The SMILES string of the molecule is C=CCN1CCN(C(=O)c2ccncc2)CC(Cc2ccccc2-c2cccc(F)c2)C1=O. The molecule has 1 saturated heterocycles. The molecular formula is C27H26FN3O2. The van der Waals surface area contributed by atoms with E-state index in [1.807, 2.05) is 30.3 Å². The molecule has 4 rings (SSSR count). The first kappa shape index (κ1) is 22.4. The van der Waals surface area contributed by atoms with Crippen molar-refractivity contribution in [2.75, 3.05) is 26.2 Å². The van der Waals surface area contributed by atoms with Crippen LogP contribution in [0.4, 0.5) is 4.39 Å². The van der Waals surface area contributed by atoms with E-state index < -0.39 is 5.92 Å². The predicted molar refractivity (Wildman–Crippen MR) is 126 cm³/mol. The summed E-state index contributed by atoms with van der Waals surface area (Å²) < 4.78 is 13.9. The van der Waals surface area contributed by atoms with Gasteiger partial charge in [-0.25, -0.2) is 4.39 Å². The molecule has 1 aliphatic heterocycles. The van der Waals surface area contributed by atoms with E-state index in [2.05, 4.69) is 11.6 Å². The van der Waals surface area contributed by atoms with Crippen LogP contribution in [0.1, 0.15) is 15.9 Å². The number of carbonyl (C=O) groups is 2. The van der Waals surface area contributed by atoms with Gasteiger partial charge in [-0.3, -0.25) is 14.6 Å². The summed E-state index contributed by atoms with van der Waals surface area (Å²) in [6, 6.07) is 17.5. The van der Waals surface area contributed by atoms with Gasteiger partial charge in [0.1, 0.15) is 5.82 Å². The predicted octanol–water partition coefficient (Wildman–Crippen LogP) is 4.22. The minimum atomic E-state index is -0.423. The van der Waals surface area contributed by atoms with Crippen LogP contribution in [-0.2, 0) is 11.2 Å². The molecule has 33 heavy (non-hydrogen) atoms. The lowest BCUT2D eigenvalue weighted by Gasteiger charge is -2.24. The molecule has 2 amide bonds. The van der Waals surface area contributed by atoms with Gasteiger partial charge in [-0.2, -0.15) is 0 Å². The standard InChI is InChI=1S/C27H26FN3O2/c1-2-14-30-15-16-31(26(32)20-10-12-29-13-11-20)19-23(27(30)33)17-21-6-3-4-9-25(21)22-7-5-8-24(28)18-22/h2-13,18,23H,1,14-17,19H2. The lowest BCUT2D eigenvalue weighted by Crippen LogP contribution is -2.38. The Morgan fingerprint density at radius 2 is 1.88 bits per heavy atom. The third-order valence-electron chi connectivity index (χ3n) is 5.92. The molecule has 2 heterocycles. The second kappa shape index (κ2) is 10.2. The van der Waals surface area contributed by atoms with Gasteiger partial charge in [0.15, 0.2) is 0 Å². The highest BCUT2D eigenvalue weighted by atomic mass is 19.1. The second-order valence-electron chi connectivity index (χ2n) is 8.13. The first-order valence-corrected chi connectivity index (χ1v) is 11.0. The van der Waals surface area contributed by atoms with Crippen LogP contribution >= 0.6 is 0 Å². The highest BCUT2D eigenvalue weighted by Gasteiger charge is 2.32. The van der Waals surface area contributed by atoms with E-state index in [0.717, 1.165) is 16.7 Å². The number of pyridine rings is 1. The van der Waals surface area contributed by atoms with Crippen LogP contribution in [0.2, 0.25) is 0 Å². The molecule has 168 valence electrons.